The van der Waals surface area contributed by atoms with E-state index in [0.29, 0.717) is 0 Å². The molecule has 2 aromatic rings. The number of nitrogens with one attached hydrogen (secondary N) is 1. The molecule has 1 amide bonds. The molecule has 1 aromatic heterocycles. The summed E-state index contributed by atoms with van der Waals surface area (Å²) in [5.41, 5.74) is 3.43. The fraction of sp³-hybridized carbons (Fsp3) is 0.333. The van der Waals surface area contributed by atoms with Crippen molar-refractivity contribution in [2.24, 2.45) is 0 Å². The van der Waals surface area contributed by atoms with Crippen molar-refractivity contribution in [1.29, 1.82) is 0 Å². The first-order valence-corrected chi connectivity index (χ1v) is 7.79. The van der Waals surface area contributed by atoms with Gasteiger partial charge < -0.3 is 10.2 Å². The topological polar surface area (TPSA) is 45.2 Å². The van der Waals surface area contributed by atoms with Gasteiger partial charge >= 0.3 is 0 Å². The Labute approximate surface area is 131 Å². The fourth-order valence-electron chi connectivity index (χ4n) is 2.87. The number of piperazine rings is 1. The van der Waals surface area contributed by atoms with Crippen LogP contribution in [-0.2, 0) is 11.2 Å². The predicted molar refractivity (Wildman–Crippen MR) is 87.4 cm³/mol. The van der Waals surface area contributed by atoms with Gasteiger partial charge in [-0.3, -0.25) is 9.78 Å². The van der Waals surface area contributed by atoms with E-state index in [0.717, 1.165) is 37.2 Å². The van der Waals surface area contributed by atoms with E-state index in [-0.39, 0.29) is 11.9 Å². The monoisotopic (exact) mass is 295 g/mol. The summed E-state index contributed by atoms with van der Waals surface area (Å²) in [6.45, 7) is 4.50. The van der Waals surface area contributed by atoms with Gasteiger partial charge in [-0.25, -0.2) is 0 Å². The van der Waals surface area contributed by atoms with Gasteiger partial charge in [0.1, 0.15) is 0 Å². The zero-order valence-corrected chi connectivity index (χ0v) is 12.8. The maximum Gasteiger partial charge on any atom is 0.240 e. The summed E-state index contributed by atoms with van der Waals surface area (Å²) in [6.07, 6.45) is 4.38. The molecule has 1 saturated heterocycles. The summed E-state index contributed by atoms with van der Waals surface area (Å²) < 4.78 is 0. The molecule has 4 nitrogen and oxygen atoms in total. The molecule has 0 saturated carbocycles. The maximum atomic E-state index is 12.3. The summed E-state index contributed by atoms with van der Waals surface area (Å²) in [5.74, 6) is 0.213. The standard InChI is InChI=1S/C18H21N3O/c1-2-21-11-10-20-17(18(21)22)12-14-5-7-15(8-6-14)16-4-3-9-19-13-16/h3-9,13,17,20H,2,10-12H2,1H3. The maximum absolute atomic E-state index is 12.3. The molecular formula is C18H21N3O. The average molecular weight is 295 g/mol. The number of hydrogen-bond donors (Lipinski definition) is 1. The van der Waals surface area contributed by atoms with Crippen molar-refractivity contribution in [3.05, 3.63) is 54.4 Å². The Kier molecular flexibility index (Phi) is 4.49. The first-order chi connectivity index (χ1) is 10.8. The number of aromatic nitrogens is 1. The van der Waals surface area contributed by atoms with Gasteiger partial charge in [-0.2, -0.15) is 0 Å². The number of rotatable bonds is 4. The van der Waals surface area contributed by atoms with Crippen LogP contribution in [-0.4, -0.2) is 41.5 Å². The van der Waals surface area contributed by atoms with Crippen LogP contribution in [0.15, 0.2) is 48.8 Å². The molecular weight excluding hydrogens is 274 g/mol. The van der Waals surface area contributed by atoms with E-state index in [2.05, 4.69) is 34.6 Å². The highest BCUT2D eigenvalue weighted by molar-refractivity contribution is 5.83. The van der Waals surface area contributed by atoms with Crippen LogP contribution in [0.25, 0.3) is 11.1 Å². The van der Waals surface area contributed by atoms with Gasteiger partial charge in [-0.1, -0.05) is 30.3 Å². The summed E-state index contributed by atoms with van der Waals surface area (Å²) in [6, 6.07) is 12.3. The van der Waals surface area contributed by atoms with Gasteiger partial charge in [-0.15, -0.1) is 0 Å². The van der Waals surface area contributed by atoms with Gasteiger partial charge in [0.15, 0.2) is 0 Å². The van der Waals surface area contributed by atoms with E-state index in [1.54, 1.807) is 6.20 Å². The number of carbonyl (C=O) groups excluding carboxylic acids is 1. The number of carbonyl (C=O) groups is 1. The summed E-state index contributed by atoms with van der Waals surface area (Å²) >= 11 is 0. The van der Waals surface area contributed by atoms with E-state index in [4.69, 9.17) is 0 Å². The van der Waals surface area contributed by atoms with Gasteiger partial charge in [0.25, 0.3) is 0 Å². The molecule has 0 spiro atoms. The summed E-state index contributed by atoms with van der Waals surface area (Å²) in [4.78, 5) is 18.4. The normalized spacial score (nSPS) is 18.5. The Hall–Kier alpha value is -2.20. The van der Waals surface area contributed by atoms with Crippen molar-refractivity contribution in [1.82, 2.24) is 15.2 Å². The van der Waals surface area contributed by atoms with E-state index < -0.39 is 0 Å². The molecule has 0 radical (unpaired) electrons. The number of hydrogen-bond acceptors (Lipinski definition) is 3. The first-order valence-electron chi connectivity index (χ1n) is 7.79. The highest BCUT2D eigenvalue weighted by Gasteiger charge is 2.27. The molecule has 0 aliphatic carbocycles. The number of benzene rings is 1. The Bertz CT molecular complexity index is 625. The van der Waals surface area contributed by atoms with Crippen molar-refractivity contribution >= 4 is 5.91 Å². The Balaban J connectivity index is 1.70. The van der Waals surface area contributed by atoms with Crippen molar-refractivity contribution < 1.29 is 4.79 Å². The van der Waals surface area contributed by atoms with Crippen LogP contribution in [0, 0.1) is 0 Å². The molecule has 1 unspecified atom stereocenters. The molecule has 1 aliphatic heterocycles. The van der Waals surface area contributed by atoms with Crippen LogP contribution >= 0.6 is 0 Å². The number of likely N-dealkylation sites (N-methyl/N-ethyl adjacent to an activating group) is 1. The largest absolute Gasteiger partial charge is 0.340 e. The zero-order chi connectivity index (χ0) is 15.4. The fourth-order valence-corrected chi connectivity index (χ4v) is 2.87. The summed E-state index contributed by atoms with van der Waals surface area (Å²) in [7, 11) is 0. The lowest BCUT2D eigenvalue weighted by Crippen LogP contribution is -2.55. The number of nitrogens with zero attached hydrogens (tertiary/aromatic N) is 2. The molecule has 22 heavy (non-hydrogen) atoms. The molecule has 1 aliphatic rings. The van der Waals surface area contributed by atoms with Crippen LogP contribution in [0.5, 0.6) is 0 Å². The quantitative estimate of drug-likeness (QED) is 0.939. The van der Waals surface area contributed by atoms with Crippen molar-refractivity contribution in [3.8, 4) is 11.1 Å². The molecule has 1 fully saturated rings. The molecule has 2 heterocycles. The lowest BCUT2D eigenvalue weighted by molar-refractivity contribution is -0.135. The van der Waals surface area contributed by atoms with E-state index >= 15 is 0 Å². The van der Waals surface area contributed by atoms with Crippen molar-refractivity contribution in [2.45, 2.75) is 19.4 Å². The van der Waals surface area contributed by atoms with E-state index in [9.17, 15) is 4.79 Å². The Morgan fingerprint density at radius 2 is 2.05 bits per heavy atom. The molecule has 1 atom stereocenters. The van der Waals surface area contributed by atoms with Crippen molar-refractivity contribution in [3.63, 3.8) is 0 Å². The van der Waals surface area contributed by atoms with E-state index in [1.165, 1.54) is 5.56 Å². The molecule has 3 rings (SSSR count). The Morgan fingerprint density at radius 1 is 1.23 bits per heavy atom. The highest BCUT2D eigenvalue weighted by atomic mass is 16.2. The second-order valence-electron chi connectivity index (χ2n) is 5.57. The minimum atomic E-state index is -0.0991. The SMILES string of the molecule is CCN1CCNC(Cc2ccc(-c3cccnc3)cc2)C1=O. The first kappa shape index (κ1) is 14.7. The second kappa shape index (κ2) is 6.71. The third kappa shape index (κ3) is 3.17. The van der Waals surface area contributed by atoms with Gasteiger partial charge in [-0.05, 0) is 36.1 Å². The minimum Gasteiger partial charge on any atom is -0.340 e. The molecule has 0 bridgehead atoms. The van der Waals surface area contributed by atoms with Crippen LogP contribution in [0.3, 0.4) is 0 Å². The van der Waals surface area contributed by atoms with Crippen LogP contribution in [0.2, 0.25) is 0 Å². The molecule has 4 heteroatoms. The zero-order valence-electron chi connectivity index (χ0n) is 12.8. The smallest absolute Gasteiger partial charge is 0.240 e. The lowest BCUT2D eigenvalue weighted by Gasteiger charge is -2.32. The van der Waals surface area contributed by atoms with Crippen LogP contribution < -0.4 is 5.32 Å². The molecule has 1 aromatic carbocycles. The molecule has 1 N–H and O–H groups in total. The average Bonchev–Trinajstić information content (AvgIpc) is 2.58. The van der Waals surface area contributed by atoms with Crippen LogP contribution in [0.1, 0.15) is 12.5 Å². The predicted octanol–water partition coefficient (Wildman–Crippen LogP) is 2.11. The highest BCUT2D eigenvalue weighted by Crippen LogP contribution is 2.19. The lowest BCUT2D eigenvalue weighted by atomic mass is 10.00. The molecule has 114 valence electrons. The Morgan fingerprint density at radius 3 is 2.73 bits per heavy atom. The van der Waals surface area contributed by atoms with Gasteiger partial charge in [0, 0.05) is 32.0 Å². The second-order valence-corrected chi connectivity index (χ2v) is 5.57. The third-order valence-corrected chi connectivity index (χ3v) is 4.15. The van der Waals surface area contributed by atoms with Crippen molar-refractivity contribution in [2.75, 3.05) is 19.6 Å². The van der Waals surface area contributed by atoms with Gasteiger partial charge in [0.05, 0.1) is 6.04 Å². The third-order valence-electron chi connectivity index (χ3n) is 4.15. The van der Waals surface area contributed by atoms with E-state index in [1.807, 2.05) is 30.2 Å². The van der Waals surface area contributed by atoms with Crippen LogP contribution in [0.4, 0.5) is 0 Å². The van der Waals surface area contributed by atoms with Gasteiger partial charge in [0.2, 0.25) is 5.91 Å². The minimum absolute atomic E-state index is 0.0991. The number of amides is 1. The summed E-state index contributed by atoms with van der Waals surface area (Å²) in [5, 5.41) is 3.33. The number of pyridine rings is 1.